The van der Waals surface area contributed by atoms with Crippen molar-refractivity contribution in [3.63, 3.8) is 0 Å². The zero-order chi connectivity index (χ0) is 13.8. The molecule has 1 N–H and O–H groups in total. The molecule has 0 aliphatic carbocycles. The summed E-state index contributed by atoms with van der Waals surface area (Å²) in [5, 5.41) is 6.23. The van der Waals surface area contributed by atoms with Gasteiger partial charge in [0, 0.05) is 40.3 Å². The van der Waals surface area contributed by atoms with Gasteiger partial charge in [0.15, 0.2) is 0 Å². The minimum atomic E-state index is -0.143. The maximum Gasteiger partial charge on any atom is 0.291 e. The summed E-state index contributed by atoms with van der Waals surface area (Å²) < 4.78 is 0. The van der Waals surface area contributed by atoms with E-state index in [1.165, 1.54) is 6.33 Å². The van der Waals surface area contributed by atoms with Crippen LogP contribution in [-0.2, 0) is 4.79 Å². The molecule has 2 heterocycles. The van der Waals surface area contributed by atoms with Crippen molar-refractivity contribution in [2.75, 3.05) is 46.8 Å². The zero-order valence-electron chi connectivity index (χ0n) is 11.2. The lowest BCUT2D eigenvalue weighted by molar-refractivity contribution is -0.130. The number of hydrogen-bond acceptors (Lipinski definition) is 5. The standard InChI is InChI=1S/C11H18N6O2/c1-15(2)9(18)7-16-3-5-17(6-4-16)11(19)10-12-8-13-14-10/h8H,3-7H2,1-2H3,(H,12,13,14). The number of aromatic nitrogens is 3. The van der Waals surface area contributed by atoms with Crippen LogP contribution in [0, 0.1) is 0 Å². The predicted molar refractivity (Wildman–Crippen MR) is 67.4 cm³/mol. The summed E-state index contributed by atoms with van der Waals surface area (Å²) in [5.41, 5.74) is 0. The van der Waals surface area contributed by atoms with Crippen molar-refractivity contribution in [3.05, 3.63) is 12.2 Å². The average molecular weight is 266 g/mol. The molecule has 1 saturated heterocycles. The van der Waals surface area contributed by atoms with Gasteiger partial charge in [-0.25, -0.2) is 4.98 Å². The molecule has 19 heavy (non-hydrogen) atoms. The number of amides is 2. The second-order valence-electron chi connectivity index (χ2n) is 4.69. The van der Waals surface area contributed by atoms with Gasteiger partial charge in [0.05, 0.1) is 6.54 Å². The number of carbonyl (C=O) groups is 2. The second-order valence-corrected chi connectivity index (χ2v) is 4.69. The Morgan fingerprint density at radius 3 is 2.53 bits per heavy atom. The first-order chi connectivity index (χ1) is 9.08. The molecule has 1 aromatic heterocycles. The van der Waals surface area contributed by atoms with Gasteiger partial charge >= 0.3 is 0 Å². The second kappa shape index (κ2) is 5.79. The molecular weight excluding hydrogens is 248 g/mol. The summed E-state index contributed by atoms with van der Waals surface area (Å²) in [4.78, 5) is 32.8. The van der Waals surface area contributed by atoms with E-state index in [4.69, 9.17) is 0 Å². The molecule has 8 nitrogen and oxygen atoms in total. The monoisotopic (exact) mass is 266 g/mol. The first-order valence-corrected chi connectivity index (χ1v) is 6.15. The van der Waals surface area contributed by atoms with Crippen LogP contribution in [0.15, 0.2) is 6.33 Å². The van der Waals surface area contributed by atoms with Crippen molar-refractivity contribution in [2.45, 2.75) is 0 Å². The Morgan fingerprint density at radius 1 is 1.32 bits per heavy atom. The van der Waals surface area contributed by atoms with Crippen LogP contribution in [0.4, 0.5) is 0 Å². The van der Waals surface area contributed by atoms with Crippen LogP contribution in [0.5, 0.6) is 0 Å². The lowest BCUT2D eigenvalue weighted by Crippen LogP contribution is -2.51. The largest absolute Gasteiger partial charge is 0.348 e. The maximum absolute atomic E-state index is 12.0. The topological polar surface area (TPSA) is 85.4 Å². The molecule has 104 valence electrons. The van der Waals surface area contributed by atoms with Crippen molar-refractivity contribution in [1.29, 1.82) is 0 Å². The van der Waals surface area contributed by atoms with E-state index >= 15 is 0 Å². The molecule has 1 aliphatic rings. The predicted octanol–water partition coefficient (Wildman–Crippen LogP) is -1.35. The summed E-state index contributed by atoms with van der Waals surface area (Å²) in [6, 6.07) is 0. The number of piperazine rings is 1. The normalized spacial score (nSPS) is 16.4. The Balaban J connectivity index is 1.82. The SMILES string of the molecule is CN(C)C(=O)CN1CCN(C(=O)c2ncn[nH]2)CC1. The summed E-state index contributed by atoms with van der Waals surface area (Å²) in [6.45, 7) is 2.98. The fraction of sp³-hybridized carbons (Fsp3) is 0.636. The summed E-state index contributed by atoms with van der Waals surface area (Å²) >= 11 is 0. The molecule has 1 aromatic rings. The number of hydrogen-bond donors (Lipinski definition) is 1. The van der Waals surface area contributed by atoms with E-state index in [0.29, 0.717) is 32.7 Å². The maximum atomic E-state index is 12.0. The van der Waals surface area contributed by atoms with Gasteiger partial charge in [0.25, 0.3) is 5.91 Å². The van der Waals surface area contributed by atoms with Crippen LogP contribution < -0.4 is 0 Å². The number of nitrogens with zero attached hydrogens (tertiary/aromatic N) is 5. The van der Waals surface area contributed by atoms with Crippen LogP contribution in [0.25, 0.3) is 0 Å². The highest BCUT2D eigenvalue weighted by molar-refractivity contribution is 5.90. The third-order valence-electron chi connectivity index (χ3n) is 3.13. The van der Waals surface area contributed by atoms with Crippen LogP contribution in [0.1, 0.15) is 10.6 Å². The highest BCUT2D eigenvalue weighted by Gasteiger charge is 2.24. The molecule has 0 atom stereocenters. The molecule has 0 saturated carbocycles. The molecule has 8 heteroatoms. The minimum Gasteiger partial charge on any atom is -0.348 e. The number of likely N-dealkylation sites (N-methyl/N-ethyl adjacent to an activating group) is 1. The molecule has 0 spiro atoms. The van der Waals surface area contributed by atoms with Crippen LogP contribution in [-0.4, -0.2) is 88.5 Å². The number of aromatic amines is 1. The van der Waals surface area contributed by atoms with Gasteiger partial charge in [-0.2, -0.15) is 5.10 Å². The molecule has 0 radical (unpaired) electrons. The number of H-pyrrole nitrogens is 1. The average Bonchev–Trinajstić information content (AvgIpc) is 2.92. The van der Waals surface area contributed by atoms with Crippen molar-refractivity contribution in [3.8, 4) is 0 Å². The van der Waals surface area contributed by atoms with Crippen LogP contribution in [0.2, 0.25) is 0 Å². The van der Waals surface area contributed by atoms with Gasteiger partial charge in [0.2, 0.25) is 11.7 Å². The lowest BCUT2D eigenvalue weighted by Gasteiger charge is -2.34. The van der Waals surface area contributed by atoms with Crippen molar-refractivity contribution in [1.82, 2.24) is 29.9 Å². The van der Waals surface area contributed by atoms with Gasteiger partial charge < -0.3 is 9.80 Å². The molecule has 0 bridgehead atoms. The molecule has 1 fully saturated rings. The number of carbonyl (C=O) groups excluding carboxylic acids is 2. The van der Waals surface area contributed by atoms with E-state index in [0.717, 1.165) is 0 Å². The minimum absolute atomic E-state index is 0.0787. The van der Waals surface area contributed by atoms with Gasteiger partial charge in [-0.15, -0.1) is 0 Å². The Hall–Kier alpha value is -1.96. The Labute approximate surface area is 111 Å². The van der Waals surface area contributed by atoms with Crippen molar-refractivity contribution < 1.29 is 9.59 Å². The third-order valence-corrected chi connectivity index (χ3v) is 3.13. The van der Waals surface area contributed by atoms with Gasteiger partial charge in [-0.3, -0.25) is 19.6 Å². The van der Waals surface area contributed by atoms with Crippen LogP contribution in [0.3, 0.4) is 0 Å². The summed E-state index contributed by atoms with van der Waals surface area (Å²) in [6.07, 6.45) is 1.32. The highest BCUT2D eigenvalue weighted by atomic mass is 16.2. The quantitative estimate of drug-likeness (QED) is 0.731. The zero-order valence-corrected chi connectivity index (χ0v) is 11.2. The van der Waals surface area contributed by atoms with E-state index < -0.39 is 0 Å². The van der Waals surface area contributed by atoms with Gasteiger partial charge in [0.1, 0.15) is 6.33 Å². The fourth-order valence-electron chi connectivity index (χ4n) is 1.90. The Morgan fingerprint density at radius 2 is 2.00 bits per heavy atom. The van der Waals surface area contributed by atoms with Gasteiger partial charge in [-0.05, 0) is 0 Å². The summed E-state index contributed by atoms with van der Waals surface area (Å²) in [7, 11) is 3.48. The Bertz CT molecular complexity index is 436. The number of rotatable bonds is 3. The Kier molecular flexibility index (Phi) is 4.10. The van der Waals surface area contributed by atoms with E-state index in [9.17, 15) is 9.59 Å². The first-order valence-electron chi connectivity index (χ1n) is 6.15. The molecule has 0 unspecified atom stereocenters. The van der Waals surface area contributed by atoms with Crippen LogP contribution >= 0.6 is 0 Å². The van der Waals surface area contributed by atoms with E-state index in [2.05, 4.69) is 15.2 Å². The first kappa shape index (κ1) is 13.5. The smallest absolute Gasteiger partial charge is 0.291 e. The molecular formula is C11H18N6O2. The molecule has 2 amide bonds. The third kappa shape index (κ3) is 3.28. The summed E-state index contributed by atoms with van der Waals surface area (Å²) in [5.74, 6) is 0.198. The van der Waals surface area contributed by atoms with E-state index in [1.807, 2.05) is 4.90 Å². The van der Waals surface area contributed by atoms with Crippen molar-refractivity contribution >= 4 is 11.8 Å². The van der Waals surface area contributed by atoms with E-state index in [1.54, 1.807) is 23.9 Å². The molecule has 0 aromatic carbocycles. The highest BCUT2D eigenvalue weighted by Crippen LogP contribution is 2.05. The van der Waals surface area contributed by atoms with E-state index in [-0.39, 0.29) is 17.6 Å². The lowest BCUT2D eigenvalue weighted by atomic mass is 10.3. The van der Waals surface area contributed by atoms with Gasteiger partial charge in [-0.1, -0.05) is 0 Å². The van der Waals surface area contributed by atoms with Crippen molar-refractivity contribution in [2.24, 2.45) is 0 Å². The number of nitrogens with one attached hydrogen (secondary N) is 1. The fourth-order valence-corrected chi connectivity index (χ4v) is 1.90. The molecule has 2 rings (SSSR count). The molecule has 1 aliphatic heterocycles.